The SMILES string of the molecule is CN1CCN(C(=NC2(C(Cl)(Cl)Cl)Oc3cc(Cl)c(Cl)cc3O2)C(F)(F)F)CC1. The highest BCUT2D eigenvalue weighted by molar-refractivity contribution is 6.68. The van der Waals surface area contributed by atoms with E-state index in [4.69, 9.17) is 67.5 Å². The summed E-state index contributed by atoms with van der Waals surface area (Å²) in [5.74, 6) is -3.98. The standard InChI is InChI=1S/C15H13Cl5F3N3O2/c1-25-2-4-26(5-3-25)12(13(21,22)23)24-15(14(18,19)20)27-10-6-8(16)9(17)7-11(10)28-15/h6-7H,2-5H2,1H3. The van der Waals surface area contributed by atoms with E-state index in [1.807, 2.05) is 4.90 Å². The van der Waals surface area contributed by atoms with Crippen molar-refractivity contribution in [2.24, 2.45) is 4.99 Å². The van der Waals surface area contributed by atoms with Crippen molar-refractivity contribution in [1.29, 1.82) is 0 Å². The Morgan fingerprint density at radius 2 is 1.46 bits per heavy atom. The number of hydrogen-bond acceptors (Lipinski definition) is 4. The largest absolute Gasteiger partial charge is 0.449 e. The van der Waals surface area contributed by atoms with Gasteiger partial charge in [0, 0.05) is 38.3 Å². The van der Waals surface area contributed by atoms with Crippen molar-refractivity contribution in [2.75, 3.05) is 33.2 Å². The average Bonchev–Trinajstić information content (AvgIpc) is 2.91. The molecule has 2 aliphatic rings. The summed E-state index contributed by atoms with van der Waals surface area (Å²) in [4.78, 5) is 6.58. The van der Waals surface area contributed by atoms with Crippen molar-refractivity contribution in [3.8, 4) is 11.5 Å². The second kappa shape index (κ2) is 7.63. The molecule has 0 N–H and O–H groups in total. The number of aliphatic imine (C=N–C) groups is 1. The Morgan fingerprint density at radius 3 is 1.86 bits per heavy atom. The summed E-state index contributed by atoms with van der Waals surface area (Å²) < 4.78 is 49.8. The Balaban J connectivity index is 2.06. The molecule has 2 heterocycles. The van der Waals surface area contributed by atoms with Gasteiger partial charge in [-0.2, -0.15) is 18.2 Å². The first-order valence-electron chi connectivity index (χ1n) is 7.87. The van der Waals surface area contributed by atoms with Crippen LogP contribution in [0.5, 0.6) is 11.5 Å². The monoisotopic (exact) mass is 499 g/mol. The first-order valence-corrected chi connectivity index (χ1v) is 9.76. The quantitative estimate of drug-likeness (QED) is 0.309. The Hall–Kier alpha value is -0.510. The number of piperazine rings is 1. The van der Waals surface area contributed by atoms with Gasteiger partial charge in [-0.3, -0.25) is 0 Å². The van der Waals surface area contributed by atoms with Gasteiger partial charge in [0.2, 0.25) is 5.84 Å². The first kappa shape index (κ1) is 22.2. The van der Waals surface area contributed by atoms with Crippen molar-refractivity contribution in [2.45, 2.75) is 15.9 Å². The topological polar surface area (TPSA) is 37.3 Å². The number of fused-ring (bicyclic) bond motifs is 1. The molecule has 0 aliphatic carbocycles. The van der Waals surface area contributed by atoms with Crippen molar-refractivity contribution in [3.63, 3.8) is 0 Å². The number of rotatable bonds is 1. The molecule has 0 bridgehead atoms. The van der Waals surface area contributed by atoms with Gasteiger partial charge in [0.1, 0.15) is 0 Å². The van der Waals surface area contributed by atoms with E-state index in [2.05, 4.69) is 4.99 Å². The molecule has 13 heteroatoms. The van der Waals surface area contributed by atoms with Crippen LogP contribution in [0.3, 0.4) is 0 Å². The number of amidine groups is 1. The molecule has 1 aromatic rings. The number of benzene rings is 1. The predicted octanol–water partition coefficient (Wildman–Crippen LogP) is 5.00. The molecule has 3 rings (SSSR count). The lowest BCUT2D eigenvalue weighted by Crippen LogP contribution is -2.56. The highest BCUT2D eigenvalue weighted by atomic mass is 35.6. The predicted molar refractivity (Wildman–Crippen MR) is 103 cm³/mol. The van der Waals surface area contributed by atoms with Gasteiger partial charge in [-0.05, 0) is 7.05 Å². The van der Waals surface area contributed by atoms with Gasteiger partial charge in [-0.25, -0.2) is 0 Å². The van der Waals surface area contributed by atoms with E-state index in [0.717, 1.165) is 4.90 Å². The molecule has 1 saturated heterocycles. The second-order valence-electron chi connectivity index (χ2n) is 6.22. The van der Waals surface area contributed by atoms with Crippen LogP contribution in [0.4, 0.5) is 13.2 Å². The summed E-state index contributed by atoms with van der Waals surface area (Å²) in [6.45, 7) is 0.969. The van der Waals surface area contributed by atoms with Gasteiger partial charge >= 0.3 is 12.1 Å². The lowest BCUT2D eigenvalue weighted by molar-refractivity contribution is -0.0905. The minimum atomic E-state index is -4.84. The van der Waals surface area contributed by atoms with Crippen molar-refractivity contribution in [3.05, 3.63) is 22.2 Å². The molecule has 0 saturated carbocycles. The maximum absolute atomic E-state index is 13.8. The molecule has 0 atom stereocenters. The third-order valence-electron chi connectivity index (χ3n) is 4.15. The maximum Gasteiger partial charge on any atom is 0.449 e. The van der Waals surface area contributed by atoms with E-state index in [-0.39, 0.29) is 34.6 Å². The zero-order valence-corrected chi connectivity index (χ0v) is 17.9. The smallest absolute Gasteiger partial charge is 0.427 e. The minimum Gasteiger partial charge on any atom is -0.427 e. The molecular formula is C15H13Cl5F3N3O2. The number of nitrogens with zero attached hydrogens (tertiary/aromatic N) is 3. The molecule has 0 spiro atoms. The number of ether oxygens (including phenoxy) is 2. The van der Waals surface area contributed by atoms with Crippen LogP contribution < -0.4 is 9.47 Å². The third-order valence-corrected chi connectivity index (χ3v) is 5.59. The molecule has 0 amide bonds. The van der Waals surface area contributed by atoms with Crippen LogP contribution in [0.1, 0.15) is 0 Å². The molecule has 2 aliphatic heterocycles. The summed E-state index contributed by atoms with van der Waals surface area (Å²) in [6.07, 6.45) is -4.84. The number of halogens is 8. The molecule has 156 valence electrons. The van der Waals surface area contributed by atoms with E-state index in [1.165, 1.54) is 12.1 Å². The van der Waals surface area contributed by atoms with Crippen LogP contribution in [-0.4, -0.2) is 64.7 Å². The van der Waals surface area contributed by atoms with Crippen molar-refractivity contribution < 1.29 is 22.6 Å². The second-order valence-corrected chi connectivity index (χ2v) is 9.32. The van der Waals surface area contributed by atoms with Crippen LogP contribution in [0, 0.1) is 0 Å². The number of likely N-dealkylation sites (N-methyl/N-ethyl adjacent to an activating group) is 1. The highest BCUT2D eigenvalue weighted by Crippen LogP contribution is 2.52. The van der Waals surface area contributed by atoms with E-state index in [0.29, 0.717) is 13.1 Å². The van der Waals surface area contributed by atoms with E-state index in [9.17, 15) is 13.2 Å². The third kappa shape index (κ3) is 4.32. The van der Waals surface area contributed by atoms with Crippen LogP contribution in [0.2, 0.25) is 10.0 Å². The molecule has 1 fully saturated rings. The lowest BCUT2D eigenvalue weighted by Gasteiger charge is -2.37. The molecule has 0 aromatic heterocycles. The fraction of sp³-hybridized carbons (Fsp3) is 0.533. The average molecular weight is 502 g/mol. The maximum atomic E-state index is 13.8. The normalized spacial score (nSPS) is 20.6. The lowest BCUT2D eigenvalue weighted by atomic mass is 10.3. The van der Waals surface area contributed by atoms with Crippen LogP contribution in [0.25, 0.3) is 0 Å². The fourth-order valence-corrected chi connectivity index (χ4v) is 3.35. The molecule has 1 aromatic carbocycles. The summed E-state index contributed by atoms with van der Waals surface area (Å²) >= 11 is 29.6. The molecular weight excluding hydrogens is 488 g/mol. The van der Waals surface area contributed by atoms with Crippen molar-refractivity contribution >= 4 is 63.8 Å². The molecule has 0 unspecified atom stereocenters. The fourth-order valence-electron chi connectivity index (χ4n) is 2.68. The van der Waals surface area contributed by atoms with Gasteiger partial charge in [0.25, 0.3) is 3.79 Å². The Kier molecular flexibility index (Phi) is 6.05. The number of hydrogen-bond donors (Lipinski definition) is 0. The first-order chi connectivity index (χ1) is 12.8. The Bertz CT molecular complexity index is 761. The highest BCUT2D eigenvalue weighted by Gasteiger charge is 2.61. The van der Waals surface area contributed by atoms with Gasteiger partial charge < -0.3 is 19.3 Å². The number of alkyl halides is 6. The molecule has 0 radical (unpaired) electrons. The minimum absolute atomic E-state index is 0.0515. The van der Waals surface area contributed by atoms with Gasteiger partial charge in [0.15, 0.2) is 11.5 Å². The van der Waals surface area contributed by atoms with Crippen LogP contribution in [-0.2, 0) is 0 Å². The van der Waals surface area contributed by atoms with Crippen LogP contribution in [0.15, 0.2) is 17.1 Å². The van der Waals surface area contributed by atoms with Gasteiger partial charge in [-0.1, -0.05) is 58.0 Å². The summed E-state index contributed by atoms with van der Waals surface area (Å²) in [5, 5.41) is 0.173. The zero-order valence-electron chi connectivity index (χ0n) is 14.2. The van der Waals surface area contributed by atoms with E-state index in [1.54, 1.807) is 7.05 Å². The zero-order chi connectivity index (χ0) is 20.9. The van der Waals surface area contributed by atoms with Crippen LogP contribution >= 0.6 is 58.0 Å². The molecule has 28 heavy (non-hydrogen) atoms. The summed E-state index contributed by atoms with van der Waals surface area (Å²) in [7, 11) is 1.80. The summed E-state index contributed by atoms with van der Waals surface area (Å²) in [5.41, 5.74) is 0. The molecule has 5 nitrogen and oxygen atoms in total. The van der Waals surface area contributed by atoms with Gasteiger partial charge in [0.05, 0.1) is 10.0 Å². The summed E-state index contributed by atoms with van der Waals surface area (Å²) in [6, 6.07) is 2.49. The Labute approximate surface area is 183 Å². The van der Waals surface area contributed by atoms with E-state index >= 15 is 0 Å². The van der Waals surface area contributed by atoms with Crippen molar-refractivity contribution in [1.82, 2.24) is 9.80 Å². The Morgan fingerprint density at radius 1 is 1.00 bits per heavy atom. The van der Waals surface area contributed by atoms with Gasteiger partial charge in [-0.15, -0.1) is 0 Å². The van der Waals surface area contributed by atoms with E-state index < -0.39 is 21.7 Å².